The predicted octanol–water partition coefficient (Wildman–Crippen LogP) is 3.24. The number of aliphatic hydroxyl groups is 1. The van der Waals surface area contributed by atoms with Crippen LogP contribution < -0.4 is 0 Å². The smallest absolute Gasteiger partial charge is 0.246 e. The Labute approximate surface area is 128 Å². The largest absolute Gasteiger partial charge is 0.396 e. The number of nitrogens with zero attached hydrogens (tertiary/aromatic N) is 1. The zero-order chi connectivity index (χ0) is 14.5. The van der Waals surface area contributed by atoms with Gasteiger partial charge in [0.15, 0.2) is 0 Å². The molecule has 1 unspecified atom stereocenters. The summed E-state index contributed by atoms with van der Waals surface area (Å²) in [5, 5.41) is 10.3. The van der Waals surface area contributed by atoms with Crippen molar-refractivity contribution in [2.45, 2.75) is 12.8 Å². The minimum atomic E-state index is -0.0563. The molecule has 1 aliphatic rings. The van der Waals surface area contributed by atoms with Gasteiger partial charge in [-0.25, -0.2) is 0 Å². The molecule has 2 rings (SSSR count). The Morgan fingerprint density at radius 2 is 2.25 bits per heavy atom. The first-order valence-electron chi connectivity index (χ1n) is 6.63. The molecule has 1 aliphatic heterocycles. The molecule has 1 atom stereocenters. The maximum atomic E-state index is 12.1. The van der Waals surface area contributed by atoms with Crippen LogP contribution in [0.15, 0.2) is 24.3 Å². The number of halogens is 2. The summed E-state index contributed by atoms with van der Waals surface area (Å²) in [6.07, 6.45) is 5.10. The van der Waals surface area contributed by atoms with Crippen molar-refractivity contribution in [1.82, 2.24) is 4.90 Å². The predicted molar refractivity (Wildman–Crippen MR) is 81.9 cm³/mol. The molecule has 0 saturated carbocycles. The summed E-state index contributed by atoms with van der Waals surface area (Å²) in [5.41, 5.74) is 0.725. The summed E-state index contributed by atoms with van der Waals surface area (Å²) in [5.74, 6) is 0.134. The fourth-order valence-electron chi connectivity index (χ4n) is 2.32. The number of amides is 1. The maximum absolute atomic E-state index is 12.1. The van der Waals surface area contributed by atoms with E-state index in [4.69, 9.17) is 23.2 Å². The number of aliphatic hydroxyl groups excluding tert-OH is 1. The van der Waals surface area contributed by atoms with E-state index in [2.05, 4.69) is 0 Å². The lowest BCUT2D eigenvalue weighted by molar-refractivity contribution is -0.127. The van der Waals surface area contributed by atoms with Crippen LogP contribution in [0.2, 0.25) is 10.0 Å². The van der Waals surface area contributed by atoms with Crippen molar-refractivity contribution in [3.8, 4) is 0 Å². The molecule has 1 aromatic rings. The summed E-state index contributed by atoms with van der Waals surface area (Å²) in [6, 6.07) is 5.14. The van der Waals surface area contributed by atoms with Gasteiger partial charge in [0.05, 0.1) is 0 Å². The van der Waals surface area contributed by atoms with Crippen LogP contribution >= 0.6 is 23.2 Å². The first-order chi connectivity index (χ1) is 9.60. The highest BCUT2D eigenvalue weighted by atomic mass is 35.5. The van der Waals surface area contributed by atoms with Crippen LogP contribution in [0.3, 0.4) is 0 Å². The normalized spacial score (nSPS) is 19.6. The average molecular weight is 314 g/mol. The Kier molecular flexibility index (Phi) is 5.46. The zero-order valence-corrected chi connectivity index (χ0v) is 12.6. The number of carbonyl (C=O) groups is 1. The van der Waals surface area contributed by atoms with Crippen molar-refractivity contribution in [3.05, 3.63) is 39.9 Å². The van der Waals surface area contributed by atoms with Gasteiger partial charge in [0.2, 0.25) is 5.91 Å². The van der Waals surface area contributed by atoms with E-state index < -0.39 is 0 Å². The van der Waals surface area contributed by atoms with Gasteiger partial charge in [0, 0.05) is 35.8 Å². The van der Waals surface area contributed by atoms with Gasteiger partial charge in [-0.1, -0.05) is 23.2 Å². The quantitative estimate of drug-likeness (QED) is 0.870. The molecule has 0 radical (unpaired) electrons. The molecule has 5 heteroatoms. The second-order valence-corrected chi connectivity index (χ2v) is 5.82. The molecule has 3 nitrogen and oxygen atoms in total. The number of hydrogen-bond donors (Lipinski definition) is 1. The van der Waals surface area contributed by atoms with Crippen molar-refractivity contribution < 1.29 is 9.90 Å². The number of carbonyl (C=O) groups excluding carboxylic acids is 1. The lowest BCUT2D eigenvalue weighted by Gasteiger charge is -2.31. The molecule has 0 aromatic heterocycles. The molecule has 20 heavy (non-hydrogen) atoms. The SMILES string of the molecule is O=C(/C=C/c1cc(Cl)ccc1Cl)N1CCCC(CO)C1. The van der Waals surface area contributed by atoms with Crippen LogP contribution in [0, 0.1) is 5.92 Å². The van der Waals surface area contributed by atoms with Crippen molar-refractivity contribution in [3.63, 3.8) is 0 Å². The standard InChI is InChI=1S/C15H17Cl2NO2/c16-13-4-5-14(17)12(8-13)3-6-15(20)18-7-1-2-11(9-18)10-19/h3-6,8,11,19H,1-2,7,9-10H2/b6-3+. The summed E-state index contributed by atoms with van der Waals surface area (Å²) in [4.78, 5) is 13.9. The monoisotopic (exact) mass is 313 g/mol. The Hall–Kier alpha value is -1.03. The van der Waals surface area contributed by atoms with Crippen molar-refractivity contribution in [2.24, 2.45) is 5.92 Å². The second-order valence-electron chi connectivity index (χ2n) is 4.97. The van der Waals surface area contributed by atoms with Gasteiger partial charge < -0.3 is 10.0 Å². The fraction of sp³-hybridized carbons (Fsp3) is 0.400. The van der Waals surface area contributed by atoms with Gasteiger partial charge in [-0.3, -0.25) is 4.79 Å². The van der Waals surface area contributed by atoms with Gasteiger partial charge in [-0.15, -0.1) is 0 Å². The lowest BCUT2D eigenvalue weighted by atomic mass is 9.99. The highest BCUT2D eigenvalue weighted by Gasteiger charge is 2.21. The Bertz CT molecular complexity index is 517. The fourth-order valence-corrected chi connectivity index (χ4v) is 2.68. The first kappa shape index (κ1) is 15.4. The van der Waals surface area contributed by atoms with Crippen LogP contribution in [-0.4, -0.2) is 35.6 Å². The Morgan fingerprint density at radius 1 is 1.45 bits per heavy atom. The highest BCUT2D eigenvalue weighted by molar-refractivity contribution is 6.34. The summed E-state index contributed by atoms with van der Waals surface area (Å²) < 4.78 is 0. The minimum absolute atomic E-state index is 0.0563. The third-order valence-electron chi connectivity index (χ3n) is 3.45. The summed E-state index contributed by atoms with van der Waals surface area (Å²) in [7, 11) is 0. The highest BCUT2D eigenvalue weighted by Crippen LogP contribution is 2.22. The molecule has 1 amide bonds. The number of likely N-dealkylation sites (tertiary alicyclic amines) is 1. The van der Waals surface area contributed by atoms with Gasteiger partial charge in [-0.2, -0.15) is 0 Å². The molecule has 0 spiro atoms. The van der Waals surface area contributed by atoms with Gasteiger partial charge in [-0.05, 0) is 48.6 Å². The number of rotatable bonds is 3. The van der Waals surface area contributed by atoms with Crippen LogP contribution in [0.1, 0.15) is 18.4 Å². The van der Waals surface area contributed by atoms with E-state index >= 15 is 0 Å². The first-order valence-corrected chi connectivity index (χ1v) is 7.38. The molecule has 1 fully saturated rings. The van der Waals surface area contributed by atoms with Crippen LogP contribution in [-0.2, 0) is 4.79 Å². The Morgan fingerprint density at radius 3 is 3.00 bits per heavy atom. The molecule has 1 saturated heterocycles. The number of hydrogen-bond acceptors (Lipinski definition) is 2. The van der Waals surface area contributed by atoms with Crippen LogP contribution in [0.5, 0.6) is 0 Å². The molecule has 108 valence electrons. The number of piperidine rings is 1. The third kappa shape index (κ3) is 3.98. The van der Waals surface area contributed by atoms with E-state index in [1.807, 2.05) is 0 Å². The van der Waals surface area contributed by atoms with E-state index in [1.54, 1.807) is 29.2 Å². The Balaban J connectivity index is 2.03. The van der Waals surface area contributed by atoms with Gasteiger partial charge >= 0.3 is 0 Å². The average Bonchev–Trinajstić information content (AvgIpc) is 2.48. The number of benzene rings is 1. The van der Waals surface area contributed by atoms with E-state index in [-0.39, 0.29) is 18.4 Å². The van der Waals surface area contributed by atoms with Crippen molar-refractivity contribution in [1.29, 1.82) is 0 Å². The minimum Gasteiger partial charge on any atom is -0.396 e. The topological polar surface area (TPSA) is 40.5 Å². The molecule has 0 aliphatic carbocycles. The van der Waals surface area contributed by atoms with Gasteiger partial charge in [0.25, 0.3) is 0 Å². The lowest BCUT2D eigenvalue weighted by Crippen LogP contribution is -2.40. The zero-order valence-electron chi connectivity index (χ0n) is 11.1. The molecular formula is C15H17Cl2NO2. The summed E-state index contributed by atoms with van der Waals surface area (Å²) in [6.45, 7) is 1.49. The summed E-state index contributed by atoms with van der Waals surface area (Å²) >= 11 is 11.9. The molecule has 1 heterocycles. The van der Waals surface area contributed by atoms with Crippen LogP contribution in [0.25, 0.3) is 6.08 Å². The molecule has 1 N–H and O–H groups in total. The van der Waals surface area contributed by atoms with Crippen LogP contribution in [0.4, 0.5) is 0 Å². The van der Waals surface area contributed by atoms with E-state index in [0.717, 1.165) is 24.9 Å². The maximum Gasteiger partial charge on any atom is 0.246 e. The van der Waals surface area contributed by atoms with Gasteiger partial charge in [0.1, 0.15) is 0 Å². The molecular weight excluding hydrogens is 297 g/mol. The van der Waals surface area contributed by atoms with E-state index in [9.17, 15) is 9.90 Å². The van der Waals surface area contributed by atoms with Crippen molar-refractivity contribution in [2.75, 3.05) is 19.7 Å². The van der Waals surface area contributed by atoms with E-state index in [1.165, 1.54) is 6.08 Å². The van der Waals surface area contributed by atoms with Crippen molar-refractivity contribution >= 4 is 35.2 Å². The molecule has 0 bridgehead atoms. The molecule has 1 aromatic carbocycles. The van der Waals surface area contributed by atoms with E-state index in [0.29, 0.717) is 16.6 Å². The third-order valence-corrected chi connectivity index (χ3v) is 4.03. The second kappa shape index (κ2) is 7.11.